The number of hydrogen-bond donors (Lipinski definition) is 0. The maximum absolute atomic E-state index is 13.4. The molecule has 3 rings (SSSR count). The third-order valence-corrected chi connectivity index (χ3v) is 3.68. The molecular formula is C16H9BrFNO. The number of benzene rings is 2. The second-order valence-electron chi connectivity index (χ2n) is 4.42. The van der Waals surface area contributed by atoms with Crippen LogP contribution < -0.4 is 4.74 Å². The van der Waals surface area contributed by atoms with Gasteiger partial charge in [-0.2, -0.15) is 5.26 Å². The smallest absolute Gasteiger partial charge is 0.130 e. The molecule has 4 heteroatoms. The molecule has 2 aromatic rings. The molecule has 2 nitrogen and oxygen atoms in total. The molecule has 20 heavy (non-hydrogen) atoms. The Bertz CT molecular complexity index is 706. The average Bonchev–Trinajstić information content (AvgIpc) is 2.57. The summed E-state index contributed by atoms with van der Waals surface area (Å²) < 4.78 is 20.0. The molecule has 1 aliphatic heterocycles. The van der Waals surface area contributed by atoms with Crippen LogP contribution in [-0.4, -0.2) is 0 Å². The van der Waals surface area contributed by atoms with E-state index in [1.165, 1.54) is 18.2 Å². The van der Waals surface area contributed by atoms with Gasteiger partial charge in [-0.3, -0.25) is 0 Å². The van der Waals surface area contributed by atoms with Crippen LogP contribution in [0.15, 0.2) is 46.9 Å². The van der Waals surface area contributed by atoms with E-state index in [1.54, 1.807) is 6.07 Å². The molecule has 0 atom stereocenters. The zero-order valence-electron chi connectivity index (χ0n) is 10.4. The predicted molar refractivity (Wildman–Crippen MR) is 77.6 cm³/mol. The highest BCUT2D eigenvalue weighted by Crippen LogP contribution is 2.37. The van der Waals surface area contributed by atoms with Crippen molar-refractivity contribution in [1.82, 2.24) is 0 Å². The van der Waals surface area contributed by atoms with Crippen molar-refractivity contribution in [3.05, 3.63) is 69.5 Å². The molecule has 0 spiro atoms. The fraction of sp³-hybridized carbons (Fsp3) is 0.0625. The lowest BCUT2D eigenvalue weighted by Gasteiger charge is -2.09. The van der Waals surface area contributed by atoms with Crippen LogP contribution in [-0.2, 0) is 6.61 Å². The Kier molecular flexibility index (Phi) is 3.29. The number of hydrogen-bond acceptors (Lipinski definition) is 2. The molecule has 0 bridgehead atoms. The molecular weight excluding hydrogens is 321 g/mol. The van der Waals surface area contributed by atoms with Crippen molar-refractivity contribution in [3.8, 4) is 11.8 Å². The fourth-order valence-electron chi connectivity index (χ4n) is 2.30. The molecule has 0 radical (unpaired) electrons. The number of nitriles is 1. The third-order valence-electron chi connectivity index (χ3n) is 3.18. The Labute approximate surface area is 124 Å². The van der Waals surface area contributed by atoms with Crippen LogP contribution in [0.1, 0.15) is 16.7 Å². The first kappa shape index (κ1) is 12.9. The molecule has 0 amide bonds. The Morgan fingerprint density at radius 3 is 2.80 bits per heavy atom. The molecule has 1 heterocycles. The first-order valence-electron chi connectivity index (χ1n) is 6.00. The van der Waals surface area contributed by atoms with E-state index in [-0.39, 0.29) is 5.82 Å². The van der Waals surface area contributed by atoms with Crippen LogP contribution in [0.4, 0.5) is 4.39 Å². The predicted octanol–water partition coefficient (Wildman–Crippen LogP) is 4.44. The summed E-state index contributed by atoms with van der Waals surface area (Å²) in [5.74, 6) is 0.103. The van der Waals surface area contributed by atoms with Crippen molar-refractivity contribution < 1.29 is 9.13 Å². The maximum Gasteiger partial charge on any atom is 0.130 e. The largest absolute Gasteiger partial charge is 0.488 e. The van der Waals surface area contributed by atoms with Gasteiger partial charge in [0.25, 0.3) is 0 Å². The summed E-state index contributed by atoms with van der Waals surface area (Å²) in [6.07, 6.45) is 1.47. The van der Waals surface area contributed by atoms with E-state index >= 15 is 0 Å². The molecule has 98 valence electrons. The van der Waals surface area contributed by atoms with E-state index in [4.69, 9.17) is 10.00 Å². The molecule has 1 aliphatic rings. The van der Waals surface area contributed by atoms with Crippen LogP contribution in [0.3, 0.4) is 0 Å². The van der Waals surface area contributed by atoms with Crippen molar-refractivity contribution >= 4 is 21.5 Å². The number of allylic oxidation sites excluding steroid dienone is 1. The normalized spacial score (nSPS) is 14.8. The summed E-state index contributed by atoms with van der Waals surface area (Å²) in [5.41, 5.74) is 3.37. The standard InChI is InChI=1S/C16H9BrFNO/c17-11-1-3-13-10(7-11)9-20-16-8-12(18)2-4-15(16)14(13)5-6-19/h1-5,7-8H,9H2. The Hall–Kier alpha value is -2.12. The minimum absolute atomic E-state index is 0.341. The van der Waals surface area contributed by atoms with Gasteiger partial charge in [-0.25, -0.2) is 4.39 Å². The zero-order valence-corrected chi connectivity index (χ0v) is 11.9. The fourth-order valence-corrected chi connectivity index (χ4v) is 2.71. The summed E-state index contributed by atoms with van der Waals surface area (Å²) in [7, 11) is 0. The summed E-state index contributed by atoms with van der Waals surface area (Å²) in [5, 5.41) is 9.02. The molecule has 0 unspecified atom stereocenters. The number of nitrogens with zero attached hydrogens (tertiary/aromatic N) is 1. The van der Waals surface area contributed by atoms with Gasteiger partial charge in [0.2, 0.25) is 0 Å². The van der Waals surface area contributed by atoms with Gasteiger partial charge >= 0.3 is 0 Å². The van der Waals surface area contributed by atoms with Gasteiger partial charge < -0.3 is 4.74 Å². The second-order valence-corrected chi connectivity index (χ2v) is 5.33. The highest BCUT2D eigenvalue weighted by Gasteiger charge is 2.19. The molecule has 0 saturated heterocycles. The Morgan fingerprint density at radius 1 is 1.20 bits per heavy atom. The van der Waals surface area contributed by atoms with E-state index in [0.29, 0.717) is 12.4 Å². The summed E-state index contributed by atoms with van der Waals surface area (Å²) in [6, 6.07) is 12.2. The van der Waals surface area contributed by atoms with Crippen molar-refractivity contribution in [1.29, 1.82) is 5.26 Å². The second kappa shape index (κ2) is 5.10. The van der Waals surface area contributed by atoms with Crippen molar-refractivity contribution in [3.63, 3.8) is 0 Å². The SMILES string of the molecule is N#CC=C1c2ccc(Br)cc2COc2cc(F)ccc21. The first-order chi connectivity index (χ1) is 9.69. The summed E-state index contributed by atoms with van der Waals surface area (Å²) in [4.78, 5) is 0. The molecule has 0 N–H and O–H groups in total. The minimum atomic E-state index is -0.354. The highest BCUT2D eigenvalue weighted by atomic mass is 79.9. The van der Waals surface area contributed by atoms with E-state index in [0.717, 1.165) is 26.7 Å². The number of rotatable bonds is 0. The van der Waals surface area contributed by atoms with Crippen LogP contribution in [0.2, 0.25) is 0 Å². The van der Waals surface area contributed by atoms with Crippen LogP contribution >= 0.6 is 15.9 Å². The molecule has 0 fully saturated rings. The number of fused-ring (bicyclic) bond motifs is 2. The molecule has 0 aromatic heterocycles. The van der Waals surface area contributed by atoms with Crippen molar-refractivity contribution in [2.24, 2.45) is 0 Å². The lowest BCUT2D eigenvalue weighted by atomic mass is 9.94. The molecule has 0 saturated carbocycles. The van der Waals surface area contributed by atoms with Crippen LogP contribution in [0.25, 0.3) is 5.57 Å². The van der Waals surface area contributed by atoms with E-state index < -0.39 is 0 Å². The third kappa shape index (κ3) is 2.21. The van der Waals surface area contributed by atoms with Gasteiger partial charge in [-0.05, 0) is 35.4 Å². The van der Waals surface area contributed by atoms with Gasteiger partial charge in [0.05, 0.1) is 6.07 Å². The van der Waals surface area contributed by atoms with E-state index in [2.05, 4.69) is 22.0 Å². The summed E-state index contributed by atoms with van der Waals surface area (Å²) in [6.45, 7) is 0.341. The van der Waals surface area contributed by atoms with Crippen LogP contribution in [0, 0.1) is 17.1 Å². The molecule has 0 aliphatic carbocycles. The van der Waals surface area contributed by atoms with Gasteiger partial charge in [-0.1, -0.05) is 22.0 Å². The van der Waals surface area contributed by atoms with E-state index in [1.807, 2.05) is 18.2 Å². The monoisotopic (exact) mass is 329 g/mol. The van der Waals surface area contributed by atoms with Gasteiger partial charge in [-0.15, -0.1) is 0 Å². The van der Waals surface area contributed by atoms with Crippen molar-refractivity contribution in [2.75, 3.05) is 0 Å². The highest BCUT2D eigenvalue weighted by molar-refractivity contribution is 9.10. The van der Waals surface area contributed by atoms with Gasteiger partial charge in [0, 0.05) is 27.8 Å². The Morgan fingerprint density at radius 2 is 2.00 bits per heavy atom. The maximum atomic E-state index is 13.4. The van der Waals surface area contributed by atoms with Gasteiger partial charge in [0.1, 0.15) is 18.2 Å². The quantitative estimate of drug-likeness (QED) is 0.669. The Balaban J connectivity index is 2.27. The average molecular weight is 330 g/mol. The van der Waals surface area contributed by atoms with Gasteiger partial charge in [0.15, 0.2) is 0 Å². The first-order valence-corrected chi connectivity index (χ1v) is 6.79. The zero-order chi connectivity index (χ0) is 14.1. The molecule has 2 aromatic carbocycles. The number of ether oxygens (including phenoxy) is 1. The summed E-state index contributed by atoms with van der Waals surface area (Å²) >= 11 is 3.42. The number of halogens is 2. The lowest BCUT2D eigenvalue weighted by molar-refractivity contribution is 0.305. The minimum Gasteiger partial charge on any atom is -0.488 e. The lowest BCUT2D eigenvalue weighted by Crippen LogP contribution is -1.95. The van der Waals surface area contributed by atoms with Crippen LogP contribution in [0.5, 0.6) is 5.75 Å². The van der Waals surface area contributed by atoms with Crippen molar-refractivity contribution in [2.45, 2.75) is 6.61 Å². The van der Waals surface area contributed by atoms with E-state index in [9.17, 15) is 4.39 Å². The topological polar surface area (TPSA) is 33.0 Å².